The van der Waals surface area contributed by atoms with Gasteiger partial charge in [0.25, 0.3) is 0 Å². The van der Waals surface area contributed by atoms with Gasteiger partial charge in [0.1, 0.15) is 0 Å². The minimum absolute atomic E-state index is 0.225. The maximum absolute atomic E-state index is 10.3. The molecule has 0 amide bonds. The predicted molar refractivity (Wildman–Crippen MR) is 76.3 cm³/mol. The summed E-state index contributed by atoms with van der Waals surface area (Å²) < 4.78 is 1.15. The molecule has 0 radical (unpaired) electrons. The summed E-state index contributed by atoms with van der Waals surface area (Å²) in [5.41, 5.74) is 0.996. The summed E-state index contributed by atoms with van der Waals surface area (Å²) in [5.74, 6) is 0.225. The maximum atomic E-state index is 10.3. The van der Waals surface area contributed by atoms with E-state index in [1.807, 2.05) is 30.3 Å². The van der Waals surface area contributed by atoms with Crippen molar-refractivity contribution < 1.29 is 5.11 Å². The molecule has 0 saturated heterocycles. The van der Waals surface area contributed by atoms with E-state index >= 15 is 0 Å². The van der Waals surface area contributed by atoms with Gasteiger partial charge in [-0.25, -0.2) is 0 Å². The number of benzene rings is 1. The van der Waals surface area contributed by atoms with Crippen LogP contribution in [0.4, 0.5) is 0 Å². The van der Waals surface area contributed by atoms with Crippen molar-refractivity contribution in [2.45, 2.75) is 19.4 Å². The van der Waals surface area contributed by atoms with E-state index in [0.717, 1.165) is 15.8 Å². The van der Waals surface area contributed by atoms with Gasteiger partial charge in [0.2, 0.25) is 0 Å². The number of halogens is 1. The lowest BCUT2D eigenvalue weighted by atomic mass is 9.94. The fourth-order valence-electron chi connectivity index (χ4n) is 1.87. The Hall–Kier alpha value is -0.640. The van der Waals surface area contributed by atoms with Gasteiger partial charge in [-0.3, -0.25) is 0 Å². The molecule has 2 unspecified atom stereocenters. The van der Waals surface area contributed by atoms with Crippen LogP contribution >= 0.6 is 27.3 Å². The normalized spacial score (nSPS) is 14.5. The first-order valence-electron chi connectivity index (χ1n) is 5.64. The van der Waals surface area contributed by atoms with Gasteiger partial charge in [-0.2, -0.15) is 0 Å². The van der Waals surface area contributed by atoms with Crippen LogP contribution < -0.4 is 0 Å². The Balaban J connectivity index is 2.03. The van der Waals surface area contributed by atoms with Crippen molar-refractivity contribution in [2.24, 2.45) is 5.92 Å². The van der Waals surface area contributed by atoms with Gasteiger partial charge >= 0.3 is 0 Å². The highest BCUT2D eigenvalue weighted by molar-refractivity contribution is 9.11. The van der Waals surface area contributed by atoms with Gasteiger partial charge in [0.05, 0.1) is 9.89 Å². The van der Waals surface area contributed by atoms with E-state index in [1.165, 1.54) is 4.88 Å². The summed E-state index contributed by atoms with van der Waals surface area (Å²) in [4.78, 5) is 1.30. The second-order valence-corrected chi connectivity index (χ2v) is 6.79. The van der Waals surface area contributed by atoms with Crippen LogP contribution in [0.2, 0.25) is 0 Å². The molecule has 0 aliphatic heterocycles. The topological polar surface area (TPSA) is 20.2 Å². The number of hydrogen-bond donors (Lipinski definition) is 1. The van der Waals surface area contributed by atoms with Crippen LogP contribution in [0.1, 0.15) is 23.5 Å². The average molecular weight is 311 g/mol. The van der Waals surface area contributed by atoms with E-state index in [9.17, 15) is 5.11 Å². The summed E-state index contributed by atoms with van der Waals surface area (Å²) in [7, 11) is 0. The Kier molecular flexibility index (Phi) is 4.37. The molecular formula is C14H15BrOS. The molecule has 0 aliphatic carbocycles. The first-order chi connectivity index (χ1) is 8.16. The first-order valence-corrected chi connectivity index (χ1v) is 7.25. The molecule has 0 aliphatic rings. The number of aliphatic hydroxyl groups is 1. The predicted octanol–water partition coefficient (Wildman–Crippen LogP) is 4.42. The van der Waals surface area contributed by atoms with E-state index in [2.05, 4.69) is 35.0 Å². The molecule has 1 aromatic carbocycles. The molecule has 1 nitrogen and oxygen atoms in total. The largest absolute Gasteiger partial charge is 0.388 e. The lowest BCUT2D eigenvalue weighted by molar-refractivity contribution is 0.118. The van der Waals surface area contributed by atoms with Crippen molar-refractivity contribution in [3.8, 4) is 0 Å². The Bertz CT molecular complexity index is 466. The standard InChI is InChI=1S/C14H15BrOS/c1-10(9-12-7-8-13(15)17-12)14(16)11-5-3-2-4-6-11/h2-8,10,14,16H,9H2,1H3. The van der Waals surface area contributed by atoms with Gasteiger partial charge < -0.3 is 5.11 Å². The van der Waals surface area contributed by atoms with Crippen LogP contribution in [0.25, 0.3) is 0 Å². The highest BCUT2D eigenvalue weighted by Gasteiger charge is 2.17. The van der Waals surface area contributed by atoms with Crippen LogP contribution in [-0.4, -0.2) is 5.11 Å². The van der Waals surface area contributed by atoms with Crippen LogP contribution in [0.15, 0.2) is 46.3 Å². The number of aliphatic hydroxyl groups excluding tert-OH is 1. The van der Waals surface area contributed by atoms with Crippen molar-refractivity contribution in [1.29, 1.82) is 0 Å². The average Bonchev–Trinajstić information content (AvgIpc) is 2.75. The molecule has 1 aromatic heterocycles. The van der Waals surface area contributed by atoms with Crippen molar-refractivity contribution in [2.75, 3.05) is 0 Å². The van der Waals surface area contributed by atoms with Crippen LogP contribution in [0, 0.1) is 5.92 Å². The van der Waals surface area contributed by atoms with E-state index in [-0.39, 0.29) is 5.92 Å². The van der Waals surface area contributed by atoms with E-state index < -0.39 is 6.10 Å². The number of hydrogen-bond acceptors (Lipinski definition) is 2. The fourth-order valence-corrected chi connectivity index (χ4v) is 3.49. The van der Waals surface area contributed by atoms with E-state index in [4.69, 9.17) is 0 Å². The van der Waals surface area contributed by atoms with Crippen LogP contribution in [-0.2, 0) is 6.42 Å². The number of rotatable bonds is 4. The Morgan fingerprint density at radius 3 is 2.47 bits per heavy atom. The lowest BCUT2D eigenvalue weighted by Gasteiger charge is -2.18. The van der Waals surface area contributed by atoms with Gasteiger partial charge in [-0.05, 0) is 46.0 Å². The fraction of sp³-hybridized carbons (Fsp3) is 0.286. The molecule has 2 rings (SSSR count). The molecule has 2 aromatic rings. The number of thiophene rings is 1. The smallest absolute Gasteiger partial charge is 0.0819 e. The highest BCUT2D eigenvalue weighted by Crippen LogP contribution is 2.29. The lowest BCUT2D eigenvalue weighted by Crippen LogP contribution is -2.11. The molecule has 1 N–H and O–H groups in total. The van der Waals surface area contributed by atoms with E-state index in [1.54, 1.807) is 11.3 Å². The molecular weight excluding hydrogens is 296 g/mol. The van der Waals surface area contributed by atoms with Crippen LogP contribution in [0.3, 0.4) is 0 Å². The van der Waals surface area contributed by atoms with Gasteiger partial charge in [-0.1, -0.05) is 37.3 Å². The quantitative estimate of drug-likeness (QED) is 0.886. The summed E-state index contributed by atoms with van der Waals surface area (Å²) in [6.45, 7) is 2.09. The molecule has 0 spiro atoms. The van der Waals surface area contributed by atoms with Crippen molar-refractivity contribution in [1.82, 2.24) is 0 Å². The van der Waals surface area contributed by atoms with Gasteiger partial charge in [0.15, 0.2) is 0 Å². The Labute approximate surface area is 114 Å². The zero-order valence-corrected chi connectivity index (χ0v) is 12.0. The minimum atomic E-state index is -0.392. The van der Waals surface area contributed by atoms with Crippen molar-refractivity contribution >= 4 is 27.3 Å². The molecule has 90 valence electrons. The second kappa shape index (κ2) is 5.80. The maximum Gasteiger partial charge on any atom is 0.0819 e. The molecule has 0 fully saturated rings. The third kappa shape index (κ3) is 3.41. The molecule has 3 heteroatoms. The van der Waals surface area contributed by atoms with E-state index in [0.29, 0.717) is 0 Å². The van der Waals surface area contributed by atoms with Gasteiger partial charge in [-0.15, -0.1) is 11.3 Å². The summed E-state index contributed by atoms with van der Waals surface area (Å²) >= 11 is 5.19. The first kappa shape index (κ1) is 12.8. The zero-order chi connectivity index (χ0) is 12.3. The minimum Gasteiger partial charge on any atom is -0.388 e. The second-order valence-electron chi connectivity index (χ2n) is 4.24. The third-order valence-electron chi connectivity index (χ3n) is 2.83. The summed E-state index contributed by atoms with van der Waals surface area (Å²) in [5, 5.41) is 10.3. The molecule has 2 atom stereocenters. The molecule has 0 saturated carbocycles. The Morgan fingerprint density at radius 1 is 1.18 bits per heavy atom. The molecule has 17 heavy (non-hydrogen) atoms. The summed E-state index contributed by atoms with van der Waals surface area (Å²) in [6, 6.07) is 14.0. The zero-order valence-electron chi connectivity index (χ0n) is 9.64. The summed E-state index contributed by atoms with van der Waals surface area (Å²) in [6.07, 6.45) is 0.517. The van der Waals surface area contributed by atoms with Crippen LogP contribution in [0.5, 0.6) is 0 Å². The SMILES string of the molecule is CC(Cc1ccc(Br)s1)C(O)c1ccccc1. The molecule has 1 heterocycles. The molecule has 0 bridgehead atoms. The van der Waals surface area contributed by atoms with Crippen molar-refractivity contribution in [3.05, 3.63) is 56.7 Å². The third-order valence-corrected chi connectivity index (χ3v) is 4.48. The van der Waals surface area contributed by atoms with Crippen molar-refractivity contribution in [3.63, 3.8) is 0 Å². The Morgan fingerprint density at radius 2 is 1.88 bits per heavy atom. The monoisotopic (exact) mass is 310 g/mol. The van der Waals surface area contributed by atoms with Gasteiger partial charge in [0, 0.05) is 4.88 Å². The highest BCUT2D eigenvalue weighted by atomic mass is 79.9.